The van der Waals surface area contributed by atoms with Crippen molar-refractivity contribution < 1.29 is 0 Å². The summed E-state index contributed by atoms with van der Waals surface area (Å²) in [5, 5.41) is 3.83. The number of hydrogen-bond donors (Lipinski definition) is 1. The van der Waals surface area contributed by atoms with Crippen molar-refractivity contribution in [1.29, 1.82) is 0 Å². The summed E-state index contributed by atoms with van der Waals surface area (Å²) in [6.07, 6.45) is 18.9. The van der Waals surface area contributed by atoms with Crippen LogP contribution in [-0.2, 0) is 5.54 Å². The molecule has 118 valence electrons. The smallest absolute Gasteiger partial charge is 0.0435 e. The molecule has 1 N–H and O–H groups in total. The molecular weight excluding hydrogens is 256 g/mol. The number of nitrogens with one attached hydrogen (secondary N) is 1. The summed E-state index contributed by atoms with van der Waals surface area (Å²) in [5.74, 6) is 0. The molecule has 0 aliphatic heterocycles. The van der Waals surface area contributed by atoms with E-state index in [0.717, 1.165) is 6.54 Å². The quantitative estimate of drug-likeness (QED) is 0.567. The number of nitrogens with zero attached hydrogens (tertiary/aromatic N) is 1. The standard InChI is InChI=1S/C19H32N2/c1-2-3-4-5-6-7-8-9-15-21-19(13-10-14-19)18-11-16-20-17-12-18/h11-12,16-17,21H,2-10,13-15H2,1H3. The van der Waals surface area contributed by atoms with Gasteiger partial charge in [0.1, 0.15) is 0 Å². The monoisotopic (exact) mass is 288 g/mol. The van der Waals surface area contributed by atoms with Gasteiger partial charge in [0.2, 0.25) is 0 Å². The Morgan fingerprint density at radius 1 is 0.952 bits per heavy atom. The van der Waals surface area contributed by atoms with Crippen molar-refractivity contribution in [2.45, 2.75) is 83.1 Å². The van der Waals surface area contributed by atoms with Crippen LogP contribution in [0.25, 0.3) is 0 Å². The Morgan fingerprint density at radius 2 is 1.57 bits per heavy atom. The van der Waals surface area contributed by atoms with Crippen molar-refractivity contribution >= 4 is 0 Å². The van der Waals surface area contributed by atoms with Gasteiger partial charge in [0, 0.05) is 17.9 Å². The van der Waals surface area contributed by atoms with Crippen molar-refractivity contribution in [3.63, 3.8) is 0 Å². The molecule has 1 aromatic rings. The molecule has 21 heavy (non-hydrogen) atoms. The number of aromatic nitrogens is 1. The SMILES string of the molecule is CCCCCCCCCCNC1(c2ccncc2)CCC1. The lowest BCUT2D eigenvalue weighted by molar-refractivity contribution is 0.185. The predicted octanol–water partition coefficient (Wildman–Crippen LogP) is 5.19. The zero-order valence-electron chi connectivity index (χ0n) is 13.7. The zero-order valence-corrected chi connectivity index (χ0v) is 13.7. The van der Waals surface area contributed by atoms with Crippen LogP contribution in [0.4, 0.5) is 0 Å². The number of pyridine rings is 1. The van der Waals surface area contributed by atoms with Gasteiger partial charge in [0.15, 0.2) is 0 Å². The highest BCUT2D eigenvalue weighted by Crippen LogP contribution is 2.40. The topological polar surface area (TPSA) is 24.9 Å². The van der Waals surface area contributed by atoms with E-state index in [2.05, 4.69) is 29.4 Å². The third-order valence-electron chi connectivity index (χ3n) is 4.93. The highest BCUT2D eigenvalue weighted by molar-refractivity contribution is 5.24. The Kier molecular flexibility index (Phi) is 7.21. The lowest BCUT2D eigenvalue weighted by Gasteiger charge is -2.43. The zero-order chi connectivity index (χ0) is 14.8. The Balaban J connectivity index is 1.57. The van der Waals surface area contributed by atoms with Gasteiger partial charge in [-0.05, 0) is 49.9 Å². The second-order valence-corrected chi connectivity index (χ2v) is 6.57. The first-order chi connectivity index (χ1) is 10.4. The van der Waals surface area contributed by atoms with Gasteiger partial charge in [-0.2, -0.15) is 0 Å². The first-order valence-corrected chi connectivity index (χ1v) is 9.03. The fourth-order valence-corrected chi connectivity index (χ4v) is 3.36. The minimum Gasteiger partial charge on any atom is -0.307 e. The van der Waals surface area contributed by atoms with Crippen molar-refractivity contribution in [3.05, 3.63) is 30.1 Å². The van der Waals surface area contributed by atoms with Crippen LogP contribution < -0.4 is 5.32 Å². The molecule has 0 spiro atoms. The van der Waals surface area contributed by atoms with Gasteiger partial charge >= 0.3 is 0 Å². The van der Waals surface area contributed by atoms with Crippen LogP contribution in [0.2, 0.25) is 0 Å². The molecule has 1 aromatic heterocycles. The second kappa shape index (κ2) is 9.19. The fraction of sp³-hybridized carbons (Fsp3) is 0.737. The summed E-state index contributed by atoms with van der Waals surface area (Å²) in [7, 11) is 0. The van der Waals surface area contributed by atoms with Gasteiger partial charge in [-0.1, -0.05) is 51.9 Å². The number of rotatable bonds is 11. The van der Waals surface area contributed by atoms with Crippen molar-refractivity contribution in [3.8, 4) is 0 Å². The number of hydrogen-bond acceptors (Lipinski definition) is 2. The maximum Gasteiger partial charge on any atom is 0.0435 e. The Labute approximate surface area is 130 Å². The maximum atomic E-state index is 4.14. The third-order valence-corrected chi connectivity index (χ3v) is 4.93. The molecule has 2 nitrogen and oxygen atoms in total. The predicted molar refractivity (Wildman–Crippen MR) is 90.4 cm³/mol. The van der Waals surface area contributed by atoms with E-state index in [4.69, 9.17) is 0 Å². The number of unbranched alkanes of at least 4 members (excludes halogenated alkanes) is 7. The molecule has 0 amide bonds. The molecule has 0 radical (unpaired) electrons. The molecule has 0 unspecified atom stereocenters. The van der Waals surface area contributed by atoms with Crippen LogP contribution in [0.5, 0.6) is 0 Å². The average Bonchev–Trinajstić information content (AvgIpc) is 2.49. The molecule has 1 fully saturated rings. The minimum absolute atomic E-state index is 0.268. The average molecular weight is 288 g/mol. The first kappa shape index (κ1) is 16.5. The summed E-state index contributed by atoms with van der Waals surface area (Å²) >= 11 is 0. The molecular formula is C19H32N2. The van der Waals surface area contributed by atoms with Gasteiger partial charge in [0.05, 0.1) is 0 Å². The molecule has 1 heterocycles. The summed E-state index contributed by atoms with van der Waals surface area (Å²) < 4.78 is 0. The third kappa shape index (κ3) is 5.10. The largest absolute Gasteiger partial charge is 0.307 e. The van der Waals surface area contributed by atoms with Gasteiger partial charge in [0.25, 0.3) is 0 Å². The molecule has 0 saturated heterocycles. The molecule has 1 saturated carbocycles. The van der Waals surface area contributed by atoms with Crippen LogP contribution in [-0.4, -0.2) is 11.5 Å². The molecule has 1 aliphatic carbocycles. The normalized spacial score (nSPS) is 16.6. The van der Waals surface area contributed by atoms with Crippen molar-refractivity contribution in [1.82, 2.24) is 10.3 Å². The molecule has 0 bridgehead atoms. The van der Waals surface area contributed by atoms with Crippen LogP contribution in [0.1, 0.15) is 83.1 Å². The summed E-state index contributed by atoms with van der Waals surface area (Å²) in [6, 6.07) is 4.36. The highest BCUT2D eigenvalue weighted by atomic mass is 15.0. The van der Waals surface area contributed by atoms with E-state index in [-0.39, 0.29) is 5.54 Å². The van der Waals surface area contributed by atoms with Crippen molar-refractivity contribution in [2.75, 3.05) is 6.54 Å². The lowest BCUT2D eigenvalue weighted by atomic mass is 9.72. The summed E-state index contributed by atoms with van der Waals surface area (Å²) in [5.41, 5.74) is 1.70. The molecule has 0 atom stereocenters. The highest BCUT2D eigenvalue weighted by Gasteiger charge is 2.37. The van der Waals surface area contributed by atoms with E-state index in [0.29, 0.717) is 0 Å². The van der Waals surface area contributed by atoms with E-state index in [1.165, 1.54) is 76.2 Å². The van der Waals surface area contributed by atoms with E-state index < -0.39 is 0 Å². The first-order valence-electron chi connectivity index (χ1n) is 9.03. The Morgan fingerprint density at radius 3 is 2.14 bits per heavy atom. The Hall–Kier alpha value is -0.890. The van der Waals surface area contributed by atoms with Gasteiger partial charge in [-0.3, -0.25) is 4.98 Å². The van der Waals surface area contributed by atoms with Crippen LogP contribution in [0.3, 0.4) is 0 Å². The molecule has 1 aliphatic rings. The Bertz CT molecular complexity index is 370. The van der Waals surface area contributed by atoms with Crippen LogP contribution in [0, 0.1) is 0 Å². The second-order valence-electron chi connectivity index (χ2n) is 6.57. The van der Waals surface area contributed by atoms with E-state index >= 15 is 0 Å². The van der Waals surface area contributed by atoms with Crippen LogP contribution in [0.15, 0.2) is 24.5 Å². The van der Waals surface area contributed by atoms with E-state index in [1.807, 2.05) is 12.4 Å². The molecule has 0 aromatic carbocycles. The summed E-state index contributed by atoms with van der Waals surface area (Å²) in [4.78, 5) is 4.14. The van der Waals surface area contributed by atoms with E-state index in [9.17, 15) is 0 Å². The maximum absolute atomic E-state index is 4.14. The molecule has 2 heteroatoms. The molecule has 2 rings (SSSR count). The fourth-order valence-electron chi connectivity index (χ4n) is 3.36. The lowest BCUT2D eigenvalue weighted by Crippen LogP contribution is -2.48. The van der Waals surface area contributed by atoms with E-state index in [1.54, 1.807) is 0 Å². The summed E-state index contributed by atoms with van der Waals surface area (Å²) in [6.45, 7) is 3.45. The minimum atomic E-state index is 0.268. The van der Waals surface area contributed by atoms with Crippen molar-refractivity contribution in [2.24, 2.45) is 0 Å². The van der Waals surface area contributed by atoms with Gasteiger partial charge in [-0.15, -0.1) is 0 Å². The van der Waals surface area contributed by atoms with Crippen LogP contribution >= 0.6 is 0 Å². The van der Waals surface area contributed by atoms with Gasteiger partial charge in [-0.25, -0.2) is 0 Å². The van der Waals surface area contributed by atoms with Gasteiger partial charge < -0.3 is 5.32 Å².